The van der Waals surface area contributed by atoms with Gasteiger partial charge in [0.25, 0.3) is 0 Å². The van der Waals surface area contributed by atoms with E-state index < -0.39 is 0 Å². The molecule has 0 amide bonds. The standard InChI is InChI=1S/C56H40N2O3/c1-33-13-7-17-37(29-33)57(47-25-11-23-44-42-21-9-15-35(3)53(42)60-55(44)47)39-27-28-46-50(31-39)59-51-32-49(40-19-5-6-20-41(40)52(46)51)58(38-18-8-14-34(2)30-38)48-26-12-24-45-43-22-10-16-36(4)54(43)61-56(45)48/h5-32H,1-4H3. The van der Waals surface area contributed by atoms with Crippen LogP contribution in [0.3, 0.4) is 0 Å². The molecule has 292 valence electrons. The molecule has 0 unspecified atom stereocenters. The normalized spacial score (nSPS) is 11.9. The van der Waals surface area contributed by atoms with Gasteiger partial charge in [0.15, 0.2) is 11.2 Å². The quantitative estimate of drug-likeness (QED) is 0.168. The largest absolute Gasteiger partial charge is 0.456 e. The van der Waals surface area contributed by atoms with Gasteiger partial charge in [-0.15, -0.1) is 0 Å². The van der Waals surface area contributed by atoms with Crippen molar-refractivity contribution in [1.82, 2.24) is 0 Å². The SMILES string of the molecule is Cc1cccc(N(c2ccc3c(c2)oc2cc(N(c4cccc(C)c4)c4cccc5c4oc4c(C)cccc45)c4ccccc4c23)c2cccc3c2oc2c(C)cccc23)c1. The minimum Gasteiger partial charge on any atom is -0.456 e. The monoisotopic (exact) mass is 788 g/mol. The van der Waals surface area contributed by atoms with Gasteiger partial charge in [-0.1, -0.05) is 109 Å². The van der Waals surface area contributed by atoms with E-state index in [0.29, 0.717) is 0 Å². The Kier molecular flexibility index (Phi) is 7.72. The molecule has 0 fully saturated rings. The van der Waals surface area contributed by atoms with E-state index in [4.69, 9.17) is 13.3 Å². The number of rotatable bonds is 6. The Morgan fingerprint density at radius 3 is 1.41 bits per heavy atom. The first kappa shape index (κ1) is 35.2. The Balaban J connectivity index is 1.10. The van der Waals surface area contributed by atoms with Crippen molar-refractivity contribution >= 4 is 111 Å². The van der Waals surface area contributed by atoms with E-state index >= 15 is 0 Å². The number of para-hydroxylation sites is 4. The second-order valence-corrected chi connectivity index (χ2v) is 16.4. The Bertz CT molecular complexity index is 3730. The number of nitrogens with zero attached hydrogens (tertiary/aromatic N) is 2. The molecule has 0 aliphatic carbocycles. The van der Waals surface area contributed by atoms with Gasteiger partial charge in [-0.05, 0) is 104 Å². The molecule has 3 heterocycles. The zero-order valence-electron chi connectivity index (χ0n) is 34.3. The lowest BCUT2D eigenvalue weighted by Crippen LogP contribution is -2.11. The molecule has 0 aliphatic rings. The number of furan rings is 3. The van der Waals surface area contributed by atoms with Crippen LogP contribution >= 0.6 is 0 Å². The zero-order valence-corrected chi connectivity index (χ0v) is 34.3. The highest BCUT2D eigenvalue weighted by molar-refractivity contribution is 6.23. The first-order chi connectivity index (χ1) is 29.9. The first-order valence-corrected chi connectivity index (χ1v) is 20.8. The molecule has 0 N–H and O–H groups in total. The molecule has 61 heavy (non-hydrogen) atoms. The van der Waals surface area contributed by atoms with E-state index in [-0.39, 0.29) is 0 Å². The number of fused-ring (bicyclic) bond motifs is 11. The van der Waals surface area contributed by atoms with Crippen molar-refractivity contribution in [2.45, 2.75) is 27.7 Å². The van der Waals surface area contributed by atoms with Gasteiger partial charge in [-0.3, -0.25) is 0 Å². The van der Waals surface area contributed by atoms with Crippen LogP contribution in [0.5, 0.6) is 0 Å². The molecule has 9 aromatic carbocycles. The number of anilines is 6. The molecule has 0 spiro atoms. The fraction of sp³-hybridized carbons (Fsp3) is 0.0714. The van der Waals surface area contributed by atoms with Crippen molar-refractivity contribution in [3.63, 3.8) is 0 Å². The summed E-state index contributed by atoms with van der Waals surface area (Å²) >= 11 is 0. The predicted octanol–water partition coefficient (Wildman–Crippen LogP) is 16.7. The number of aryl methyl sites for hydroxylation is 4. The van der Waals surface area contributed by atoms with Crippen LogP contribution in [-0.4, -0.2) is 0 Å². The molecule has 0 atom stereocenters. The maximum Gasteiger partial charge on any atom is 0.159 e. The van der Waals surface area contributed by atoms with Crippen molar-refractivity contribution in [3.8, 4) is 0 Å². The molecule has 12 aromatic rings. The smallest absolute Gasteiger partial charge is 0.159 e. The second-order valence-electron chi connectivity index (χ2n) is 16.4. The topological polar surface area (TPSA) is 45.9 Å². The van der Waals surface area contributed by atoms with E-state index in [1.165, 1.54) is 11.1 Å². The van der Waals surface area contributed by atoms with E-state index in [2.05, 4.69) is 207 Å². The van der Waals surface area contributed by atoms with Crippen LogP contribution in [0.2, 0.25) is 0 Å². The minimum absolute atomic E-state index is 0.803. The number of hydrogen-bond donors (Lipinski definition) is 0. The summed E-state index contributed by atoms with van der Waals surface area (Å²) in [4.78, 5) is 4.63. The van der Waals surface area contributed by atoms with Crippen molar-refractivity contribution in [2.75, 3.05) is 9.80 Å². The van der Waals surface area contributed by atoms with Crippen LogP contribution in [0.25, 0.3) is 76.6 Å². The molecule has 0 saturated carbocycles. The molecule has 0 bridgehead atoms. The van der Waals surface area contributed by atoms with Crippen LogP contribution in [0.4, 0.5) is 34.1 Å². The third-order valence-corrected chi connectivity index (χ3v) is 12.3. The number of hydrogen-bond acceptors (Lipinski definition) is 5. The van der Waals surface area contributed by atoms with Gasteiger partial charge in [0, 0.05) is 61.2 Å². The molecule has 12 rings (SSSR count). The van der Waals surface area contributed by atoms with E-state index in [0.717, 1.165) is 122 Å². The van der Waals surface area contributed by atoms with Crippen LogP contribution in [0, 0.1) is 27.7 Å². The molecule has 5 heteroatoms. The lowest BCUT2D eigenvalue weighted by molar-refractivity contribution is 0.665. The summed E-state index contributed by atoms with van der Waals surface area (Å²) in [6, 6.07) is 60.4. The highest BCUT2D eigenvalue weighted by Crippen LogP contribution is 2.49. The third kappa shape index (κ3) is 5.40. The van der Waals surface area contributed by atoms with Crippen LogP contribution < -0.4 is 9.80 Å². The fourth-order valence-electron chi connectivity index (χ4n) is 9.55. The number of benzene rings is 9. The van der Waals surface area contributed by atoms with Crippen molar-refractivity contribution in [3.05, 3.63) is 192 Å². The Morgan fingerprint density at radius 2 is 0.803 bits per heavy atom. The van der Waals surface area contributed by atoms with Gasteiger partial charge in [-0.2, -0.15) is 0 Å². The lowest BCUT2D eigenvalue weighted by atomic mass is 10.00. The average molecular weight is 789 g/mol. The van der Waals surface area contributed by atoms with Gasteiger partial charge in [0.2, 0.25) is 0 Å². The summed E-state index contributed by atoms with van der Waals surface area (Å²) in [5.41, 5.74) is 15.7. The van der Waals surface area contributed by atoms with E-state index in [9.17, 15) is 0 Å². The fourth-order valence-corrected chi connectivity index (χ4v) is 9.55. The summed E-state index contributed by atoms with van der Waals surface area (Å²) in [5, 5.41) is 8.76. The maximum absolute atomic E-state index is 7.04. The molecular formula is C56H40N2O3. The highest BCUT2D eigenvalue weighted by atomic mass is 16.3. The van der Waals surface area contributed by atoms with Crippen molar-refractivity contribution < 1.29 is 13.3 Å². The minimum atomic E-state index is 0.803. The summed E-state index contributed by atoms with van der Waals surface area (Å²) in [6.07, 6.45) is 0. The second kappa shape index (κ2) is 13.4. The molecule has 3 aromatic heterocycles. The lowest BCUT2D eigenvalue weighted by Gasteiger charge is -2.27. The summed E-state index contributed by atoms with van der Waals surface area (Å²) < 4.78 is 20.6. The molecule has 0 aliphatic heterocycles. The van der Waals surface area contributed by atoms with Crippen LogP contribution in [-0.2, 0) is 0 Å². The Morgan fingerprint density at radius 1 is 0.311 bits per heavy atom. The van der Waals surface area contributed by atoms with Gasteiger partial charge < -0.3 is 23.1 Å². The van der Waals surface area contributed by atoms with Crippen LogP contribution in [0.15, 0.2) is 183 Å². The zero-order chi connectivity index (χ0) is 40.9. The van der Waals surface area contributed by atoms with Crippen molar-refractivity contribution in [1.29, 1.82) is 0 Å². The predicted molar refractivity (Wildman–Crippen MR) is 254 cm³/mol. The highest BCUT2D eigenvalue weighted by Gasteiger charge is 2.25. The average Bonchev–Trinajstić information content (AvgIpc) is 3.97. The summed E-state index contributed by atoms with van der Waals surface area (Å²) in [5.74, 6) is 0. The molecular weight excluding hydrogens is 749 g/mol. The summed E-state index contributed by atoms with van der Waals surface area (Å²) in [6.45, 7) is 8.49. The van der Waals surface area contributed by atoms with Gasteiger partial charge in [0.1, 0.15) is 22.3 Å². The van der Waals surface area contributed by atoms with Gasteiger partial charge in [-0.25, -0.2) is 0 Å². The van der Waals surface area contributed by atoms with Crippen molar-refractivity contribution in [2.24, 2.45) is 0 Å². The van der Waals surface area contributed by atoms with E-state index in [1.807, 2.05) is 0 Å². The molecule has 0 saturated heterocycles. The van der Waals surface area contributed by atoms with Crippen LogP contribution in [0.1, 0.15) is 22.3 Å². The van der Waals surface area contributed by atoms with Gasteiger partial charge in [0.05, 0.1) is 22.7 Å². The summed E-state index contributed by atoms with van der Waals surface area (Å²) in [7, 11) is 0. The Hall–Kier alpha value is -7.76. The maximum atomic E-state index is 7.04. The van der Waals surface area contributed by atoms with E-state index in [1.54, 1.807) is 0 Å². The first-order valence-electron chi connectivity index (χ1n) is 20.8. The molecule has 0 radical (unpaired) electrons. The Labute approximate surface area is 352 Å². The third-order valence-electron chi connectivity index (χ3n) is 12.3. The molecule has 5 nitrogen and oxygen atoms in total. The van der Waals surface area contributed by atoms with Gasteiger partial charge >= 0.3 is 0 Å².